The normalized spacial score (nSPS) is 11.5. The number of benzene rings is 3. The molecule has 0 radical (unpaired) electrons. The van der Waals surface area contributed by atoms with Crippen LogP contribution in [0.15, 0.2) is 72.8 Å². The molecule has 0 aliphatic carbocycles. The van der Waals surface area contributed by atoms with Crippen LogP contribution in [-0.4, -0.2) is 9.55 Å². The Kier molecular flexibility index (Phi) is 4.79. The standard InChI is InChI=1S/C22H16Cl2N2/c23-18-12-10-17(19(24)14-18)11-13-22-25-20-8-4-5-9-21(20)26(22)15-16-6-2-1-3-7-16/h1-14H,15H2/b13-11+. The first-order valence-electron chi connectivity index (χ1n) is 8.33. The molecule has 4 heteroatoms. The van der Waals surface area contributed by atoms with E-state index in [1.807, 2.05) is 48.6 Å². The van der Waals surface area contributed by atoms with Gasteiger partial charge in [0.1, 0.15) is 5.82 Å². The molecule has 0 spiro atoms. The molecule has 128 valence electrons. The monoisotopic (exact) mass is 378 g/mol. The zero-order valence-electron chi connectivity index (χ0n) is 13.9. The fraction of sp³-hybridized carbons (Fsp3) is 0.0455. The van der Waals surface area contributed by atoms with Crippen LogP contribution in [0, 0.1) is 0 Å². The van der Waals surface area contributed by atoms with E-state index in [4.69, 9.17) is 28.2 Å². The van der Waals surface area contributed by atoms with Crippen LogP contribution in [-0.2, 0) is 6.54 Å². The molecule has 26 heavy (non-hydrogen) atoms. The maximum atomic E-state index is 6.28. The highest BCUT2D eigenvalue weighted by Crippen LogP contribution is 2.24. The molecule has 1 heterocycles. The van der Waals surface area contributed by atoms with Gasteiger partial charge < -0.3 is 4.57 Å². The van der Waals surface area contributed by atoms with E-state index in [0.29, 0.717) is 10.0 Å². The highest BCUT2D eigenvalue weighted by Gasteiger charge is 2.09. The SMILES string of the molecule is Clc1ccc(/C=C/c2nc3ccccc3n2Cc2ccccc2)c(Cl)c1. The predicted octanol–water partition coefficient (Wildman–Crippen LogP) is 6.56. The molecule has 0 fully saturated rings. The minimum absolute atomic E-state index is 0.625. The van der Waals surface area contributed by atoms with Crippen LogP contribution in [0.4, 0.5) is 0 Å². The molecule has 1 aromatic heterocycles. The Morgan fingerprint density at radius 1 is 0.846 bits per heavy atom. The van der Waals surface area contributed by atoms with Crippen LogP contribution in [0.25, 0.3) is 23.2 Å². The van der Waals surface area contributed by atoms with Crippen molar-refractivity contribution in [3.8, 4) is 0 Å². The summed E-state index contributed by atoms with van der Waals surface area (Å²) in [5, 5.41) is 1.25. The summed E-state index contributed by atoms with van der Waals surface area (Å²) >= 11 is 12.3. The Morgan fingerprint density at radius 2 is 1.62 bits per heavy atom. The Morgan fingerprint density at radius 3 is 2.42 bits per heavy atom. The first-order chi connectivity index (χ1) is 12.7. The van der Waals surface area contributed by atoms with Crippen LogP contribution >= 0.6 is 23.2 Å². The van der Waals surface area contributed by atoms with E-state index in [-0.39, 0.29) is 0 Å². The lowest BCUT2D eigenvalue weighted by Gasteiger charge is -2.07. The molecule has 0 saturated heterocycles. The van der Waals surface area contributed by atoms with Gasteiger partial charge in [0.05, 0.1) is 11.0 Å². The van der Waals surface area contributed by atoms with Crippen molar-refractivity contribution in [1.29, 1.82) is 0 Å². The molecule has 2 nitrogen and oxygen atoms in total. The van der Waals surface area contributed by atoms with Gasteiger partial charge in [0.25, 0.3) is 0 Å². The van der Waals surface area contributed by atoms with Crippen molar-refractivity contribution < 1.29 is 0 Å². The molecule has 0 aliphatic rings. The number of fused-ring (bicyclic) bond motifs is 1. The molecule has 0 unspecified atom stereocenters. The van der Waals surface area contributed by atoms with E-state index in [9.17, 15) is 0 Å². The molecule has 4 aromatic rings. The number of rotatable bonds is 4. The number of imidazole rings is 1. The van der Waals surface area contributed by atoms with Gasteiger partial charge in [0.2, 0.25) is 0 Å². The first kappa shape index (κ1) is 16.9. The maximum Gasteiger partial charge on any atom is 0.134 e. The molecule has 0 amide bonds. The average Bonchev–Trinajstić information content (AvgIpc) is 3.00. The maximum absolute atomic E-state index is 6.28. The van der Waals surface area contributed by atoms with Crippen LogP contribution in [0.3, 0.4) is 0 Å². The lowest BCUT2D eigenvalue weighted by Crippen LogP contribution is -2.01. The molecular weight excluding hydrogens is 363 g/mol. The van der Waals surface area contributed by atoms with Crippen molar-refractivity contribution in [2.45, 2.75) is 6.54 Å². The lowest BCUT2D eigenvalue weighted by molar-refractivity contribution is 0.814. The van der Waals surface area contributed by atoms with Crippen LogP contribution in [0.1, 0.15) is 17.0 Å². The molecule has 0 N–H and O–H groups in total. The van der Waals surface area contributed by atoms with E-state index in [0.717, 1.165) is 29.0 Å². The molecule has 0 bridgehead atoms. The van der Waals surface area contributed by atoms with Crippen molar-refractivity contribution in [2.75, 3.05) is 0 Å². The molecular formula is C22H16Cl2N2. The van der Waals surface area contributed by atoms with E-state index < -0.39 is 0 Å². The molecule has 0 aliphatic heterocycles. The van der Waals surface area contributed by atoms with Gasteiger partial charge in [-0.25, -0.2) is 4.98 Å². The van der Waals surface area contributed by atoms with E-state index in [2.05, 4.69) is 34.9 Å². The Labute approximate surface area is 162 Å². The van der Waals surface area contributed by atoms with Crippen LogP contribution in [0.5, 0.6) is 0 Å². The zero-order chi connectivity index (χ0) is 17.9. The van der Waals surface area contributed by atoms with Crippen molar-refractivity contribution in [3.63, 3.8) is 0 Å². The van der Waals surface area contributed by atoms with Gasteiger partial charge >= 0.3 is 0 Å². The number of nitrogens with zero attached hydrogens (tertiary/aromatic N) is 2. The second-order valence-electron chi connectivity index (χ2n) is 6.03. The molecule has 3 aromatic carbocycles. The van der Waals surface area contributed by atoms with Crippen molar-refractivity contribution >= 4 is 46.4 Å². The Balaban J connectivity index is 1.76. The van der Waals surface area contributed by atoms with Crippen molar-refractivity contribution in [2.24, 2.45) is 0 Å². The molecule has 4 rings (SSSR count). The number of hydrogen-bond acceptors (Lipinski definition) is 1. The van der Waals surface area contributed by atoms with E-state index in [1.165, 1.54) is 5.56 Å². The number of hydrogen-bond donors (Lipinski definition) is 0. The van der Waals surface area contributed by atoms with Gasteiger partial charge in [-0.05, 0) is 47.5 Å². The zero-order valence-corrected chi connectivity index (χ0v) is 15.5. The van der Waals surface area contributed by atoms with Crippen LogP contribution in [0.2, 0.25) is 10.0 Å². The fourth-order valence-corrected chi connectivity index (χ4v) is 3.43. The smallest absolute Gasteiger partial charge is 0.134 e. The summed E-state index contributed by atoms with van der Waals surface area (Å²) in [5.74, 6) is 0.890. The number of aromatic nitrogens is 2. The third kappa shape index (κ3) is 3.52. The Hall–Kier alpha value is -2.55. The summed E-state index contributed by atoms with van der Waals surface area (Å²) in [7, 11) is 0. The second-order valence-corrected chi connectivity index (χ2v) is 6.87. The quantitative estimate of drug-likeness (QED) is 0.393. The van der Waals surface area contributed by atoms with Crippen molar-refractivity contribution in [3.05, 3.63) is 99.8 Å². The lowest BCUT2D eigenvalue weighted by atomic mass is 10.2. The third-order valence-electron chi connectivity index (χ3n) is 4.24. The fourth-order valence-electron chi connectivity index (χ4n) is 2.95. The molecule has 0 atom stereocenters. The minimum Gasteiger partial charge on any atom is -0.320 e. The van der Waals surface area contributed by atoms with Gasteiger partial charge in [-0.1, -0.05) is 71.7 Å². The average molecular weight is 379 g/mol. The largest absolute Gasteiger partial charge is 0.320 e. The summed E-state index contributed by atoms with van der Waals surface area (Å²) in [6, 6.07) is 24.0. The highest BCUT2D eigenvalue weighted by molar-refractivity contribution is 6.35. The van der Waals surface area contributed by atoms with Gasteiger partial charge in [0, 0.05) is 16.6 Å². The summed E-state index contributed by atoms with van der Waals surface area (Å²) in [4.78, 5) is 4.78. The second kappa shape index (κ2) is 7.36. The summed E-state index contributed by atoms with van der Waals surface area (Å²) in [5.41, 5.74) is 4.23. The van der Waals surface area contributed by atoms with E-state index >= 15 is 0 Å². The Bertz CT molecular complexity index is 1080. The van der Waals surface area contributed by atoms with Gasteiger partial charge in [-0.3, -0.25) is 0 Å². The first-order valence-corrected chi connectivity index (χ1v) is 9.08. The number of halogens is 2. The topological polar surface area (TPSA) is 17.8 Å². The van der Waals surface area contributed by atoms with Gasteiger partial charge in [0.15, 0.2) is 0 Å². The van der Waals surface area contributed by atoms with Gasteiger partial charge in [-0.15, -0.1) is 0 Å². The third-order valence-corrected chi connectivity index (χ3v) is 4.80. The number of para-hydroxylation sites is 2. The highest BCUT2D eigenvalue weighted by atomic mass is 35.5. The predicted molar refractivity (Wildman–Crippen MR) is 111 cm³/mol. The summed E-state index contributed by atoms with van der Waals surface area (Å²) < 4.78 is 2.21. The minimum atomic E-state index is 0.625. The van der Waals surface area contributed by atoms with E-state index in [1.54, 1.807) is 6.07 Å². The van der Waals surface area contributed by atoms with Crippen LogP contribution < -0.4 is 0 Å². The summed E-state index contributed by atoms with van der Waals surface area (Å²) in [6.07, 6.45) is 3.97. The van der Waals surface area contributed by atoms with Gasteiger partial charge in [-0.2, -0.15) is 0 Å². The summed E-state index contributed by atoms with van der Waals surface area (Å²) in [6.45, 7) is 0.759. The molecule has 0 saturated carbocycles. The van der Waals surface area contributed by atoms with Crippen molar-refractivity contribution in [1.82, 2.24) is 9.55 Å².